The average molecular weight is 285 g/mol. The van der Waals surface area contributed by atoms with Gasteiger partial charge >= 0.3 is 7.60 Å². The smallest absolute Gasteiger partial charge is 0.307 e. The summed E-state index contributed by atoms with van der Waals surface area (Å²) < 4.78 is 26.0. The Balaban J connectivity index is 3.97. The normalized spacial score (nSPS) is 11.9. The van der Waals surface area contributed by atoms with Crippen molar-refractivity contribution in [2.75, 3.05) is 37.7 Å². The number of alkyl halides is 2. The summed E-state index contributed by atoms with van der Waals surface area (Å²) in [5, 5.41) is 0. The van der Waals surface area contributed by atoms with E-state index < -0.39 is 7.60 Å². The monoisotopic (exact) mass is 284 g/mol. The van der Waals surface area contributed by atoms with E-state index in [0.717, 1.165) is 0 Å². The quantitative estimate of drug-likeness (QED) is 0.483. The number of halogens is 3. The van der Waals surface area contributed by atoms with Crippen LogP contribution < -0.4 is 0 Å². The Labute approximate surface area is 98.4 Å². The van der Waals surface area contributed by atoms with Gasteiger partial charge in [0.1, 0.15) is 0 Å². The maximum atomic E-state index is 11.8. The van der Waals surface area contributed by atoms with E-state index in [0.29, 0.717) is 0 Å². The van der Waals surface area contributed by atoms with Gasteiger partial charge in [0.05, 0.1) is 37.8 Å². The molecule has 0 atom stereocenters. The lowest BCUT2D eigenvalue weighted by molar-refractivity contribution is 0.216. The Hall–Kier alpha value is 0.980. The zero-order chi connectivity index (χ0) is 10.9. The van der Waals surface area contributed by atoms with Crippen LogP contribution in [0.15, 0.2) is 0 Å². The van der Waals surface area contributed by atoms with Crippen molar-refractivity contribution < 1.29 is 17.9 Å². The molecule has 4 nitrogen and oxygen atoms in total. The second-order valence-corrected chi connectivity index (χ2v) is 5.35. The van der Waals surface area contributed by atoms with E-state index >= 15 is 0 Å². The van der Waals surface area contributed by atoms with E-state index in [9.17, 15) is 4.57 Å². The van der Waals surface area contributed by atoms with Gasteiger partial charge in [-0.15, -0.1) is 23.2 Å². The van der Waals surface area contributed by atoms with E-state index in [1.807, 2.05) is 0 Å². The first-order valence-electron chi connectivity index (χ1n) is 3.92. The Kier molecular flexibility index (Phi) is 9.87. The van der Waals surface area contributed by atoms with Crippen molar-refractivity contribution in [1.82, 2.24) is 0 Å². The molecule has 0 fully saturated rings. The zero-order valence-electron chi connectivity index (χ0n) is 7.46. The highest BCUT2D eigenvalue weighted by atomic mass is 35.5. The van der Waals surface area contributed by atoms with Gasteiger partial charge in [-0.25, -0.2) is 0 Å². The molecule has 0 radical (unpaired) electrons. The summed E-state index contributed by atoms with van der Waals surface area (Å²) in [6, 6.07) is 0. The molecule has 0 rings (SSSR count). The highest BCUT2D eigenvalue weighted by Gasteiger charge is 2.23. The van der Waals surface area contributed by atoms with Gasteiger partial charge in [0, 0.05) is 11.8 Å². The fourth-order valence-electron chi connectivity index (χ4n) is 0.660. The van der Waals surface area contributed by atoms with E-state index in [2.05, 4.69) is 4.29 Å². The third-order valence-corrected chi connectivity index (χ3v) is 3.52. The summed E-state index contributed by atoms with van der Waals surface area (Å²) in [7, 11) is -3.15. The van der Waals surface area contributed by atoms with Crippen molar-refractivity contribution in [3.05, 3.63) is 0 Å². The standard InChI is InChI=1S/C6H12Cl3O4P/c7-1-3-12-14(10,6-5-11-9)13-4-2-8/h1-6H2. The SMILES string of the molecule is O=P(CCOCl)(OCCCl)OCCCl. The second kappa shape index (κ2) is 9.22. The Bertz CT molecular complexity index is 152. The third kappa shape index (κ3) is 7.30. The van der Waals surface area contributed by atoms with Crippen LogP contribution in [0.1, 0.15) is 0 Å². The van der Waals surface area contributed by atoms with Crippen LogP contribution in [0.4, 0.5) is 0 Å². The third-order valence-electron chi connectivity index (χ3n) is 1.17. The lowest BCUT2D eigenvalue weighted by Crippen LogP contribution is -2.06. The molecule has 0 unspecified atom stereocenters. The summed E-state index contributed by atoms with van der Waals surface area (Å²) in [6.45, 7) is 0.399. The number of rotatable bonds is 9. The molecule has 0 aliphatic heterocycles. The Morgan fingerprint density at radius 2 is 1.50 bits per heavy atom. The number of hydrogen-bond acceptors (Lipinski definition) is 4. The van der Waals surface area contributed by atoms with Crippen LogP contribution in [0.2, 0.25) is 0 Å². The van der Waals surface area contributed by atoms with Crippen LogP contribution in [0.25, 0.3) is 0 Å². The van der Waals surface area contributed by atoms with Gasteiger partial charge in [-0.05, 0) is 0 Å². The molecule has 0 saturated heterocycles. The maximum absolute atomic E-state index is 11.8. The highest BCUT2D eigenvalue weighted by molar-refractivity contribution is 7.53. The topological polar surface area (TPSA) is 44.8 Å². The molecule has 14 heavy (non-hydrogen) atoms. The minimum atomic E-state index is -3.15. The molecule has 86 valence electrons. The van der Waals surface area contributed by atoms with Crippen LogP contribution in [-0.2, 0) is 17.9 Å². The lowest BCUT2D eigenvalue weighted by atomic mass is 10.9. The Morgan fingerprint density at radius 1 is 1.00 bits per heavy atom. The van der Waals surface area contributed by atoms with E-state index in [1.165, 1.54) is 0 Å². The van der Waals surface area contributed by atoms with Gasteiger partial charge in [-0.3, -0.25) is 8.85 Å². The summed E-state index contributed by atoms with van der Waals surface area (Å²) in [6.07, 6.45) is 0.0876. The second-order valence-electron chi connectivity index (χ2n) is 2.19. The average Bonchev–Trinajstić information content (AvgIpc) is 2.21. The van der Waals surface area contributed by atoms with E-state index in [1.54, 1.807) is 0 Å². The van der Waals surface area contributed by atoms with Gasteiger partial charge in [0.2, 0.25) is 0 Å². The molecule has 0 saturated carbocycles. The molecule has 0 N–H and O–H groups in total. The van der Waals surface area contributed by atoms with Crippen molar-refractivity contribution in [2.45, 2.75) is 0 Å². The summed E-state index contributed by atoms with van der Waals surface area (Å²) in [5.41, 5.74) is 0. The fourth-order valence-corrected chi connectivity index (χ4v) is 2.60. The molecule has 0 aliphatic carbocycles. The molecule has 0 heterocycles. The van der Waals surface area contributed by atoms with Crippen LogP contribution in [0.5, 0.6) is 0 Å². The van der Waals surface area contributed by atoms with Crippen molar-refractivity contribution in [3.63, 3.8) is 0 Å². The summed E-state index contributed by atoms with van der Waals surface area (Å²) in [4.78, 5) is 0. The van der Waals surface area contributed by atoms with Crippen molar-refractivity contribution >= 4 is 42.7 Å². The molecular formula is C6H12Cl3O4P. The molecule has 0 aromatic rings. The first-order valence-corrected chi connectivity index (χ1v) is 7.02. The zero-order valence-corrected chi connectivity index (χ0v) is 10.6. The minimum absolute atomic E-state index is 0.0867. The number of hydrogen-bond donors (Lipinski definition) is 0. The Morgan fingerprint density at radius 3 is 1.86 bits per heavy atom. The molecule has 0 bridgehead atoms. The summed E-state index contributed by atoms with van der Waals surface area (Å²) >= 11 is 15.8. The van der Waals surface area contributed by atoms with Crippen molar-refractivity contribution in [2.24, 2.45) is 0 Å². The molecule has 0 spiro atoms. The van der Waals surface area contributed by atoms with Gasteiger partial charge in [0.25, 0.3) is 0 Å². The molecular weight excluding hydrogens is 273 g/mol. The van der Waals surface area contributed by atoms with Gasteiger partial charge < -0.3 is 9.05 Å². The van der Waals surface area contributed by atoms with Crippen LogP contribution >= 0.6 is 42.7 Å². The van der Waals surface area contributed by atoms with E-state index in [-0.39, 0.29) is 37.7 Å². The van der Waals surface area contributed by atoms with Crippen molar-refractivity contribution in [3.8, 4) is 0 Å². The minimum Gasteiger partial charge on any atom is -0.307 e. The summed E-state index contributed by atoms with van der Waals surface area (Å²) in [5.74, 6) is 0.492. The molecule has 0 aliphatic rings. The maximum Gasteiger partial charge on any atom is 0.333 e. The highest BCUT2D eigenvalue weighted by Crippen LogP contribution is 2.47. The lowest BCUT2D eigenvalue weighted by Gasteiger charge is -2.16. The van der Waals surface area contributed by atoms with Gasteiger partial charge in [-0.1, -0.05) is 0 Å². The first-order chi connectivity index (χ1) is 6.68. The fraction of sp³-hybridized carbons (Fsp3) is 1.00. The molecule has 0 aromatic carbocycles. The van der Waals surface area contributed by atoms with Gasteiger partial charge in [-0.2, -0.15) is 0 Å². The largest absolute Gasteiger partial charge is 0.333 e. The predicted molar refractivity (Wildman–Crippen MR) is 57.6 cm³/mol. The van der Waals surface area contributed by atoms with Crippen molar-refractivity contribution in [1.29, 1.82) is 0 Å². The first kappa shape index (κ1) is 15.0. The van der Waals surface area contributed by atoms with E-state index in [4.69, 9.17) is 44.1 Å². The molecule has 0 aromatic heterocycles. The predicted octanol–water partition coefficient (Wildman–Crippen LogP) is 2.86. The van der Waals surface area contributed by atoms with Crippen LogP contribution in [0.3, 0.4) is 0 Å². The molecule has 8 heteroatoms. The molecule has 0 amide bonds. The van der Waals surface area contributed by atoms with Crippen LogP contribution in [0, 0.1) is 0 Å². The van der Waals surface area contributed by atoms with Crippen LogP contribution in [-0.4, -0.2) is 37.7 Å². The van der Waals surface area contributed by atoms with Gasteiger partial charge in [0.15, 0.2) is 0 Å².